The Morgan fingerprint density at radius 3 is 2.41 bits per heavy atom. The number of rotatable bonds is 4. The van der Waals surface area contributed by atoms with E-state index in [9.17, 15) is 9.59 Å². The summed E-state index contributed by atoms with van der Waals surface area (Å²) in [4.78, 5) is 28.5. The third-order valence-electron chi connectivity index (χ3n) is 4.38. The van der Waals surface area contributed by atoms with E-state index in [1.807, 2.05) is 80.3 Å². The predicted octanol–water partition coefficient (Wildman–Crippen LogP) is 4.36. The summed E-state index contributed by atoms with van der Waals surface area (Å²) < 4.78 is 0. The molecule has 5 nitrogen and oxygen atoms in total. The molecule has 0 aliphatic carbocycles. The number of carbonyl (C=O) groups excluding carboxylic acids is 2. The normalized spacial score (nSPS) is 17.1. The molecular formula is C21H25N3O2S. The van der Waals surface area contributed by atoms with E-state index in [0.717, 1.165) is 15.5 Å². The monoisotopic (exact) mass is 383 g/mol. The number of urea groups is 1. The van der Waals surface area contributed by atoms with Crippen LogP contribution in [0.15, 0.2) is 64.4 Å². The van der Waals surface area contributed by atoms with Crippen molar-refractivity contribution >= 4 is 29.4 Å². The van der Waals surface area contributed by atoms with Gasteiger partial charge in [0.1, 0.15) is 0 Å². The first-order valence-electron chi connectivity index (χ1n) is 9.03. The maximum absolute atomic E-state index is 12.5. The molecule has 2 aromatic carbocycles. The molecular weight excluding hydrogens is 358 g/mol. The third-order valence-corrected chi connectivity index (χ3v) is 5.46. The molecule has 6 heteroatoms. The predicted molar refractivity (Wildman–Crippen MR) is 109 cm³/mol. The Kier molecular flexibility index (Phi) is 5.75. The average Bonchev–Trinajstić information content (AvgIpc) is 2.98. The van der Waals surface area contributed by atoms with Gasteiger partial charge in [-0.05, 0) is 45.0 Å². The topological polar surface area (TPSA) is 61.4 Å². The standard InChI is InChI=1S/C21H25N3O2S/c1-21(2,3)24-14-15(13-19(24)25)22-20(26)23-17-11-7-8-12-18(17)27-16-9-5-4-6-10-16/h4-12,15H,13-14H2,1-3H3,(H2,22,23,26). The molecule has 27 heavy (non-hydrogen) atoms. The SMILES string of the molecule is CC(C)(C)N1CC(NC(=O)Nc2ccccc2Sc2ccccc2)CC1=O. The maximum Gasteiger partial charge on any atom is 0.319 e. The molecule has 1 fully saturated rings. The molecule has 1 atom stereocenters. The van der Waals surface area contributed by atoms with Crippen LogP contribution in [0, 0.1) is 0 Å². The van der Waals surface area contributed by atoms with Crippen LogP contribution >= 0.6 is 11.8 Å². The van der Waals surface area contributed by atoms with Gasteiger partial charge in [0.25, 0.3) is 0 Å². The Labute approximate surface area is 164 Å². The second-order valence-electron chi connectivity index (χ2n) is 7.59. The minimum Gasteiger partial charge on any atom is -0.336 e. The lowest BCUT2D eigenvalue weighted by atomic mass is 10.1. The first kappa shape index (κ1) is 19.3. The molecule has 1 unspecified atom stereocenters. The molecule has 0 aromatic heterocycles. The van der Waals surface area contributed by atoms with Gasteiger partial charge in [0.15, 0.2) is 0 Å². The molecule has 0 radical (unpaired) electrons. The molecule has 1 heterocycles. The van der Waals surface area contributed by atoms with E-state index >= 15 is 0 Å². The Balaban J connectivity index is 1.63. The summed E-state index contributed by atoms with van der Waals surface area (Å²) in [6.45, 7) is 6.55. The Morgan fingerprint density at radius 2 is 1.74 bits per heavy atom. The largest absolute Gasteiger partial charge is 0.336 e. The van der Waals surface area contributed by atoms with E-state index in [-0.39, 0.29) is 23.5 Å². The highest BCUT2D eigenvalue weighted by molar-refractivity contribution is 7.99. The lowest BCUT2D eigenvalue weighted by Gasteiger charge is -2.32. The summed E-state index contributed by atoms with van der Waals surface area (Å²) in [5, 5.41) is 5.85. The Hall–Kier alpha value is -2.47. The van der Waals surface area contributed by atoms with Gasteiger partial charge in [-0.15, -0.1) is 0 Å². The van der Waals surface area contributed by atoms with Gasteiger partial charge in [0, 0.05) is 28.3 Å². The average molecular weight is 384 g/mol. The van der Waals surface area contributed by atoms with E-state index in [0.29, 0.717) is 13.0 Å². The van der Waals surface area contributed by atoms with Crippen molar-refractivity contribution < 1.29 is 9.59 Å². The summed E-state index contributed by atoms with van der Waals surface area (Å²) >= 11 is 1.60. The number of carbonyl (C=O) groups is 2. The fourth-order valence-corrected chi connectivity index (χ4v) is 3.99. The lowest BCUT2D eigenvalue weighted by Crippen LogP contribution is -2.45. The van der Waals surface area contributed by atoms with Crippen LogP contribution in [0.1, 0.15) is 27.2 Å². The summed E-state index contributed by atoms with van der Waals surface area (Å²) in [5.74, 6) is 0.0767. The van der Waals surface area contributed by atoms with Crippen molar-refractivity contribution in [3.05, 3.63) is 54.6 Å². The van der Waals surface area contributed by atoms with E-state index in [1.165, 1.54) is 0 Å². The van der Waals surface area contributed by atoms with E-state index in [2.05, 4.69) is 10.6 Å². The molecule has 0 bridgehead atoms. The van der Waals surface area contributed by atoms with Crippen LogP contribution in [0.2, 0.25) is 0 Å². The van der Waals surface area contributed by atoms with Crippen LogP contribution in [0.3, 0.4) is 0 Å². The molecule has 2 N–H and O–H groups in total. The molecule has 3 amide bonds. The number of nitrogens with zero attached hydrogens (tertiary/aromatic N) is 1. The minimum absolute atomic E-state index is 0.0767. The van der Waals surface area contributed by atoms with Gasteiger partial charge in [0.05, 0.1) is 11.7 Å². The maximum atomic E-state index is 12.5. The lowest BCUT2D eigenvalue weighted by molar-refractivity contribution is -0.131. The first-order valence-corrected chi connectivity index (χ1v) is 9.84. The fourth-order valence-electron chi connectivity index (χ4n) is 3.07. The summed E-state index contributed by atoms with van der Waals surface area (Å²) in [5.41, 5.74) is 0.518. The van der Waals surface area contributed by atoms with Crippen LogP contribution < -0.4 is 10.6 Å². The molecule has 1 saturated heterocycles. The van der Waals surface area contributed by atoms with Gasteiger partial charge in [-0.3, -0.25) is 4.79 Å². The highest BCUT2D eigenvalue weighted by atomic mass is 32.2. The zero-order valence-electron chi connectivity index (χ0n) is 15.9. The zero-order chi connectivity index (χ0) is 19.4. The number of anilines is 1. The number of hydrogen-bond donors (Lipinski definition) is 2. The first-order chi connectivity index (χ1) is 12.8. The highest BCUT2D eigenvalue weighted by Crippen LogP contribution is 2.33. The Bertz CT molecular complexity index is 818. The van der Waals surface area contributed by atoms with Crippen LogP contribution in [-0.2, 0) is 4.79 Å². The van der Waals surface area contributed by atoms with Crippen molar-refractivity contribution in [3.8, 4) is 0 Å². The van der Waals surface area contributed by atoms with Gasteiger partial charge >= 0.3 is 6.03 Å². The second kappa shape index (κ2) is 8.05. The number of para-hydroxylation sites is 1. The summed E-state index contributed by atoms with van der Waals surface area (Å²) in [6.07, 6.45) is 0.338. The number of nitrogens with one attached hydrogen (secondary N) is 2. The number of benzene rings is 2. The van der Waals surface area contributed by atoms with Gasteiger partial charge in [-0.25, -0.2) is 4.79 Å². The molecule has 142 valence electrons. The third kappa shape index (κ3) is 5.04. The number of amides is 3. The molecule has 3 rings (SSSR count). The minimum atomic E-state index is -0.287. The second-order valence-corrected chi connectivity index (χ2v) is 8.70. The van der Waals surface area contributed by atoms with E-state index in [1.54, 1.807) is 11.8 Å². The van der Waals surface area contributed by atoms with Crippen molar-refractivity contribution in [2.75, 3.05) is 11.9 Å². The van der Waals surface area contributed by atoms with Crippen LogP contribution in [0.25, 0.3) is 0 Å². The zero-order valence-corrected chi connectivity index (χ0v) is 16.7. The molecule has 0 saturated carbocycles. The van der Waals surface area contributed by atoms with Gasteiger partial charge in [-0.1, -0.05) is 42.1 Å². The quantitative estimate of drug-likeness (QED) is 0.825. The van der Waals surface area contributed by atoms with Gasteiger partial charge in [0.2, 0.25) is 5.91 Å². The summed E-state index contributed by atoms with van der Waals surface area (Å²) in [7, 11) is 0. The smallest absolute Gasteiger partial charge is 0.319 e. The van der Waals surface area contributed by atoms with Gasteiger partial charge < -0.3 is 15.5 Å². The van der Waals surface area contributed by atoms with E-state index in [4.69, 9.17) is 0 Å². The summed E-state index contributed by atoms with van der Waals surface area (Å²) in [6, 6.07) is 17.3. The van der Waals surface area contributed by atoms with Crippen LogP contribution in [0.4, 0.5) is 10.5 Å². The number of hydrogen-bond acceptors (Lipinski definition) is 3. The van der Waals surface area contributed by atoms with E-state index < -0.39 is 0 Å². The fraction of sp³-hybridized carbons (Fsp3) is 0.333. The van der Waals surface area contributed by atoms with Crippen molar-refractivity contribution in [1.29, 1.82) is 0 Å². The van der Waals surface area contributed by atoms with Crippen LogP contribution in [0.5, 0.6) is 0 Å². The molecule has 0 spiro atoms. The van der Waals surface area contributed by atoms with Crippen molar-refractivity contribution in [2.24, 2.45) is 0 Å². The molecule has 1 aliphatic heterocycles. The number of likely N-dealkylation sites (tertiary alicyclic amines) is 1. The highest BCUT2D eigenvalue weighted by Gasteiger charge is 2.36. The van der Waals surface area contributed by atoms with Crippen molar-refractivity contribution in [2.45, 2.75) is 48.6 Å². The van der Waals surface area contributed by atoms with Gasteiger partial charge in [-0.2, -0.15) is 0 Å². The molecule has 2 aromatic rings. The van der Waals surface area contributed by atoms with Crippen molar-refractivity contribution in [3.63, 3.8) is 0 Å². The van der Waals surface area contributed by atoms with Crippen LogP contribution in [-0.4, -0.2) is 35.0 Å². The van der Waals surface area contributed by atoms with Crippen molar-refractivity contribution in [1.82, 2.24) is 10.2 Å². The molecule has 1 aliphatic rings. The Morgan fingerprint density at radius 1 is 1.07 bits per heavy atom.